The van der Waals surface area contributed by atoms with E-state index in [2.05, 4.69) is 15.4 Å². The molecule has 0 unspecified atom stereocenters. The Balaban J connectivity index is 1.99. The first-order valence-electron chi connectivity index (χ1n) is 5.60. The summed E-state index contributed by atoms with van der Waals surface area (Å²) in [5.41, 5.74) is 0.939. The van der Waals surface area contributed by atoms with E-state index in [-0.39, 0.29) is 24.8 Å². The van der Waals surface area contributed by atoms with E-state index in [1.54, 1.807) is 18.3 Å². The van der Waals surface area contributed by atoms with Crippen molar-refractivity contribution in [1.82, 2.24) is 19.9 Å². The number of nitrogens with zero attached hydrogens (tertiary/aromatic N) is 4. The number of carbonyl (C=O) groups excluding carboxylic acids is 3. The van der Waals surface area contributed by atoms with Crippen molar-refractivity contribution in [3.8, 4) is 0 Å². The highest BCUT2D eigenvalue weighted by atomic mass is 16.2. The molecule has 1 N–H and O–H groups in total. The average Bonchev–Trinajstić information content (AvgIpc) is 2.80. The lowest BCUT2D eigenvalue weighted by atomic mass is 10.3. The fourth-order valence-electron chi connectivity index (χ4n) is 1.83. The predicted octanol–water partition coefficient (Wildman–Crippen LogP) is -0.0119. The number of urea groups is 1. The molecule has 0 aliphatic carbocycles. The van der Waals surface area contributed by atoms with E-state index >= 15 is 0 Å². The Hall–Kier alpha value is -2.77. The van der Waals surface area contributed by atoms with Crippen molar-refractivity contribution in [2.24, 2.45) is 0 Å². The largest absolute Gasteiger partial charge is 0.330 e. The van der Waals surface area contributed by atoms with E-state index in [1.807, 2.05) is 0 Å². The van der Waals surface area contributed by atoms with Gasteiger partial charge in [0.25, 0.3) is 5.95 Å². The third-order valence-electron chi connectivity index (χ3n) is 2.78. The molecular weight excluding hydrogens is 250 g/mol. The fraction of sp³-hybridized carbons (Fsp3) is 0.182. The van der Waals surface area contributed by atoms with Gasteiger partial charge in [0.1, 0.15) is 6.29 Å². The van der Waals surface area contributed by atoms with Crippen LogP contribution < -0.4 is 10.2 Å². The molecule has 0 atom stereocenters. The number of amides is 3. The van der Waals surface area contributed by atoms with E-state index in [0.717, 1.165) is 0 Å². The second-order valence-electron chi connectivity index (χ2n) is 4.05. The highest BCUT2D eigenvalue weighted by molar-refractivity contribution is 6.04. The second-order valence-corrected chi connectivity index (χ2v) is 4.05. The Bertz CT molecular complexity index is 693. The summed E-state index contributed by atoms with van der Waals surface area (Å²) in [6, 6.07) is 2.62. The first-order valence-corrected chi connectivity index (χ1v) is 5.60. The lowest BCUT2D eigenvalue weighted by molar-refractivity contribution is -0.120. The van der Waals surface area contributed by atoms with Crippen molar-refractivity contribution in [2.75, 3.05) is 11.4 Å². The molecule has 0 aromatic carbocycles. The van der Waals surface area contributed by atoms with Crippen LogP contribution in [0.4, 0.5) is 10.7 Å². The van der Waals surface area contributed by atoms with Gasteiger partial charge in [-0.25, -0.2) is 9.31 Å². The number of carbonyl (C=O) groups is 3. The van der Waals surface area contributed by atoms with Gasteiger partial charge in [0.15, 0.2) is 5.65 Å². The summed E-state index contributed by atoms with van der Waals surface area (Å²) < 4.78 is 1.46. The summed E-state index contributed by atoms with van der Waals surface area (Å²) in [7, 11) is 0. The molecule has 0 bridgehead atoms. The van der Waals surface area contributed by atoms with Gasteiger partial charge < -0.3 is 0 Å². The minimum Gasteiger partial charge on any atom is -0.298 e. The number of hydrogen-bond acceptors (Lipinski definition) is 5. The molecule has 1 fully saturated rings. The molecule has 96 valence electrons. The number of imide groups is 1. The molecule has 0 saturated carbocycles. The van der Waals surface area contributed by atoms with E-state index in [1.165, 1.54) is 9.42 Å². The molecule has 1 aliphatic heterocycles. The second kappa shape index (κ2) is 4.16. The van der Waals surface area contributed by atoms with Gasteiger partial charge in [-0.3, -0.25) is 19.8 Å². The Labute approximate surface area is 107 Å². The summed E-state index contributed by atoms with van der Waals surface area (Å²) in [6.45, 7) is 0.238. The van der Waals surface area contributed by atoms with Crippen LogP contribution in [0.1, 0.15) is 16.8 Å². The lowest BCUT2D eigenvalue weighted by Gasteiger charge is -2.22. The topological polar surface area (TPSA) is 96.7 Å². The van der Waals surface area contributed by atoms with Crippen molar-refractivity contribution in [3.63, 3.8) is 0 Å². The van der Waals surface area contributed by atoms with Gasteiger partial charge in [-0.05, 0) is 12.1 Å². The van der Waals surface area contributed by atoms with Gasteiger partial charge in [-0.1, -0.05) is 0 Å². The molecule has 8 nitrogen and oxygen atoms in total. The van der Waals surface area contributed by atoms with Crippen LogP contribution in [0.15, 0.2) is 18.3 Å². The third-order valence-corrected chi connectivity index (χ3v) is 2.78. The van der Waals surface area contributed by atoms with Gasteiger partial charge in [-0.2, -0.15) is 4.98 Å². The summed E-state index contributed by atoms with van der Waals surface area (Å²) in [6.07, 6.45) is 2.50. The molecular formula is C11H9N5O3. The molecule has 0 radical (unpaired) electrons. The lowest BCUT2D eigenvalue weighted by Crippen LogP contribution is -2.50. The quantitative estimate of drug-likeness (QED) is 0.765. The third kappa shape index (κ3) is 1.92. The molecule has 8 heteroatoms. The van der Waals surface area contributed by atoms with Crippen molar-refractivity contribution in [2.45, 2.75) is 6.42 Å². The van der Waals surface area contributed by atoms with Gasteiger partial charge >= 0.3 is 6.03 Å². The Morgan fingerprint density at radius 3 is 2.95 bits per heavy atom. The summed E-state index contributed by atoms with van der Waals surface area (Å²) in [4.78, 5) is 38.8. The maximum absolute atomic E-state index is 11.7. The van der Waals surface area contributed by atoms with E-state index in [0.29, 0.717) is 17.5 Å². The zero-order valence-corrected chi connectivity index (χ0v) is 9.74. The van der Waals surface area contributed by atoms with Crippen LogP contribution in [0.5, 0.6) is 0 Å². The Morgan fingerprint density at radius 1 is 1.37 bits per heavy atom. The highest BCUT2D eigenvalue weighted by Gasteiger charge is 2.27. The van der Waals surface area contributed by atoms with Crippen LogP contribution in [-0.4, -0.2) is 39.4 Å². The van der Waals surface area contributed by atoms with Crippen LogP contribution in [-0.2, 0) is 4.79 Å². The molecule has 1 aliphatic rings. The first-order chi connectivity index (χ1) is 9.17. The van der Waals surface area contributed by atoms with Crippen LogP contribution in [0, 0.1) is 0 Å². The van der Waals surface area contributed by atoms with Gasteiger partial charge in [0.2, 0.25) is 5.91 Å². The normalized spacial score (nSPS) is 15.7. The highest BCUT2D eigenvalue weighted by Crippen LogP contribution is 2.14. The number of aldehydes is 1. The molecule has 3 rings (SSSR count). The van der Waals surface area contributed by atoms with Crippen molar-refractivity contribution >= 4 is 29.8 Å². The number of rotatable bonds is 2. The van der Waals surface area contributed by atoms with E-state index in [9.17, 15) is 14.4 Å². The maximum Gasteiger partial charge on any atom is 0.330 e. The maximum atomic E-state index is 11.7. The van der Waals surface area contributed by atoms with Crippen LogP contribution in [0.2, 0.25) is 0 Å². The monoisotopic (exact) mass is 259 g/mol. The van der Waals surface area contributed by atoms with Crippen LogP contribution >= 0.6 is 0 Å². The first kappa shape index (κ1) is 11.3. The molecule has 2 aromatic heterocycles. The minimum atomic E-state index is -0.539. The Kier molecular flexibility index (Phi) is 2.48. The summed E-state index contributed by atoms with van der Waals surface area (Å²) in [5, 5.41) is 6.33. The predicted molar refractivity (Wildman–Crippen MR) is 63.9 cm³/mol. The number of nitrogens with one attached hydrogen (secondary N) is 1. The molecule has 3 amide bonds. The summed E-state index contributed by atoms with van der Waals surface area (Å²) in [5.74, 6) is -0.110. The van der Waals surface area contributed by atoms with Crippen molar-refractivity contribution in [3.05, 3.63) is 23.9 Å². The van der Waals surface area contributed by atoms with Crippen molar-refractivity contribution < 1.29 is 14.4 Å². The number of hydrogen-bond donors (Lipinski definition) is 1. The number of fused-ring (bicyclic) bond motifs is 1. The molecule has 0 spiro atoms. The number of pyridine rings is 1. The molecule has 3 heterocycles. The number of anilines is 1. The van der Waals surface area contributed by atoms with Gasteiger partial charge in [0, 0.05) is 24.7 Å². The van der Waals surface area contributed by atoms with Crippen LogP contribution in [0.25, 0.3) is 5.65 Å². The Morgan fingerprint density at radius 2 is 2.21 bits per heavy atom. The zero-order valence-electron chi connectivity index (χ0n) is 9.74. The standard InChI is InChI=1S/C11H9N5O3/c17-6-7-1-4-16-8(5-7)12-10(14-16)15-3-2-9(18)13-11(15)19/h1,4-6H,2-3H2,(H,13,18,19). The number of aromatic nitrogens is 3. The molecule has 2 aromatic rings. The molecule has 1 saturated heterocycles. The van der Waals surface area contributed by atoms with Crippen molar-refractivity contribution in [1.29, 1.82) is 0 Å². The van der Waals surface area contributed by atoms with E-state index in [4.69, 9.17) is 0 Å². The fourth-order valence-corrected chi connectivity index (χ4v) is 1.83. The summed E-state index contributed by atoms with van der Waals surface area (Å²) >= 11 is 0. The molecule has 19 heavy (non-hydrogen) atoms. The van der Waals surface area contributed by atoms with Gasteiger partial charge in [0.05, 0.1) is 0 Å². The van der Waals surface area contributed by atoms with E-state index < -0.39 is 6.03 Å². The zero-order chi connectivity index (χ0) is 13.4. The van der Waals surface area contributed by atoms with Gasteiger partial charge in [-0.15, -0.1) is 5.10 Å². The SMILES string of the molecule is O=Cc1ccn2nc(N3CCC(=O)NC3=O)nc2c1. The van der Waals surface area contributed by atoms with Crippen LogP contribution in [0.3, 0.4) is 0 Å². The minimum absolute atomic E-state index is 0.202. The smallest absolute Gasteiger partial charge is 0.298 e. The average molecular weight is 259 g/mol.